The molecule has 0 saturated carbocycles. The van der Waals surface area contributed by atoms with Crippen molar-refractivity contribution in [2.75, 3.05) is 11.4 Å². The first-order chi connectivity index (χ1) is 12.7. The van der Waals surface area contributed by atoms with Crippen LogP contribution in [0, 0.1) is 10.1 Å². The molecule has 0 fully saturated rings. The van der Waals surface area contributed by atoms with E-state index in [1.54, 1.807) is 12.1 Å². The molecule has 130 valence electrons. The minimum Gasteiger partial charge on any atom is -0.349 e. The van der Waals surface area contributed by atoms with E-state index in [-0.39, 0.29) is 5.69 Å². The SMILES string of the molecule is C=CCN(Cc1ccc(-c2ccccc2)cc1)c1ccc([N+](=O)[O-])cn1. The zero-order valence-electron chi connectivity index (χ0n) is 14.3. The molecule has 0 radical (unpaired) electrons. The largest absolute Gasteiger partial charge is 0.349 e. The summed E-state index contributed by atoms with van der Waals surface area (Å²) in [6.45, 7) is 5.04. The van der Waals surface area contributed by atoms with Gasteiger partial charge < -0.3 is 4.90 Å². The third kappa shape index (κ3) is 4.13. The molecule has 3 rings (SSSR count). The number of hydrogen-bond donors (Lipinski definition) is 0. The second-order valence-electron chi connectivity index (χ2n) is 5.86. The molecule has 0 amide bonds. The Bertz CT molecular complexity index is 875. The highest BCUT2D eigenvalue weighted by molar-refractivity contribution is 5.63. The standard InChI is InChI=1S/C21H19N3O2/c1-2-14-23(21-13-12-20(15-22-21)24(25)26)16-17-8-10-19(11-9-17)18-6-4-3-5-7-18/h2-13,15H,1,14,16H2. The first-order valence-corrected chi connectivity index (χ1v) is 8.28. The van der Waals surface area contributed by atoms with Crippen molar-refractivity contribution in [3.63, 3.8) is 0 Å². The van der Waals surface area contributed by atoms with Gasteiger partial charge in [0.25, 0.3) is 5.69 Å². The van der Waals surface area contributed by atoms with Gasteiger partial charge in [-0.3, -0.25) is 10.1 Å². The predicted octanol–water partition coefficient (Wildman–Crippen LogP) is 4.85. The molecule has 0 N–H and O–H groups in total. The van der Waals surface area contributed by atoms with Gasteiger partial charge in [-0.25, -0.2) is 4.98 Å². The Morgan fingerprint density at radius 1 is 1.00 bits per heavy atom. The van der Waals surface area contributed by atoms with E-state index in [0.717, 1.165) is 11.1 Å². The second kappa shape index (κ2) is 8.07. The van der Waals surface area contributed by atoms with E-state index in [1.165, 1.54) is 17.8 Å². The van der Waals surface area contributed by atoms with Gasteiger partial charge in [0.05, 0.1) is 4.92 Å². The number of aromatic nitrogens is 1. The first kappa shape index (κ1) is 17.4. The highest BCUT2D eigenvalue weighted by atomic mass is 16.6. The summed E-state index contributed by atoms with van der Waals surface area (Å²) < 4.78 is 0. The van der Waals surface area contributed by atoms with Crippen molar-refractivity contribution in [1.29, 1.82) is 0 Å². The average Bonchev–Trinajstić information content (AvgIpc) is 2.69. The number of nitro groups is 1. The summed E-state index contributed by atoms with van der Waals surface area (Å²) in [4.78, 5) is 16.6. The molecule has 26 heavy (non-hydrogen) atoms. The summed E-state index contributed by atoms with van der Waals surface area (Å²) in [6.07, 6.45) is 3.07. The maximum absolute atomic E-state index is 10.8. The monoisotopic (exact) mass is 345 g/mol. The maximum atomic E-state index is 10.8. The van der Waals surface area contributed by atoms with E-state index >= 15 is 0 Å². The summed E-state index contributed by atoms with van der Waals surface area (Å²) >= 11 is 0. The van der Waals surface area contributed by atoms with Gasteiger partial charge >= 0.3 is 0 Å². The lowest BCUT2D eigenvalue weighted by Gasteiger charge is -2.22. The zero-order chi connectivity index (χ0) is 18.4. The van der Waals surface area contributed by atoms with Crippen LogP contribution in [-0.2, 0) is 6.54 Å². The second-order valence-corrected chi connectivity index (χ2v) is 5.86. The minimum absolute atomic E-state index is 0.0143. The van der Waals surface area contributed by atoms with E-state index in [2.05, 4.69) is 48.0 Å². The molecular formula is C21H19N3O2. The summed E-state index contributed by atoms with van der Waals surface area (Å²) in [6, 6.07) is 21.7. The molecule has 5 nitrogen and oxygen atoms in total. The van der Waals surface area contributed by atoms with Gasteiger partial charge in [0.1, 0.15) is 12.0 Å². The molecule has 1 heterocycles. The van der Waals surface area contributed by atoms with E-state index in [9.17, 15) is 10.1 Å². The number of benzene rings is 2. The van der Waals surface area contributed by atoms with E-state index in [1.807, 2.05) is 23.1 Å². The highest BCUT2D eigenvalue weighted by Crippen LogP contribution is 2.22. The van der Waals surface area contributed by atoms with Crippen LogP contribution in [0.5, 0.6) is 0 Å². The van der Waals surface area contributed by atoms with Crippen molar-refractivity contribution in [2.24, 2.45) is 0 Å². The summed E-state index contributed by atoms with van der Waals surface area (Å²) in [5.74, 6) is 0.683. The van der Waals surface area contributed by atoms with Crippen LogP contribution < -0.4 is 4.90 Å². The van der Waals surface area contributed by atoms with Crippen LogP contribution in [-0.4, -0.2) is 16.5 Å². The Morgan fingerprint density at radius 2 is 1.69 bits per heavy atom. The molecule has 0 aliphatic carbocycles. The quantitative estimate of drug-likeness (QED) is 0.349. The van der Waals surface area contributed by atoms with Crippen molar-refractivity contribution in [3.05, 3.63) is 101 Å². The van der Waals surface area contributed by atoms with Gasteiger partial charge in [0.2, 0.25) is 0 Å². The Balaban J connectivity index is 1.77. The van der Waals surface area contributed by atoms with Crippen molar-refractivity contribution in [3.8, 4) is 11.1 Å². The molecule has 0 saturated heterocycles. The van der Waals surface area contributed by atoms with Crippen LogP contribution in [0.15, 0.2) is 85.6 Å². The lowest BCUT2D eigenvalue weighted by atomic mass is 10.0. The molecule has 3 aromatic rings. The predicted molar refractivity (Wildman–Crippen MR) is 104 cm³/mol. The third-order valence-corrected chi connectivity index (χ3v) is 4.05. The van der Waals surface area contributed by atoms with Crippen LogP contribution in [0.2, 0.25) is 0 Å². The van der Waals surface area contributed by atoms with Crippen molar-refractivity contribution in [1.82, 2.24) is 4.98 Å². The van der Waals surface area contributed by atoms with Crippen molar-refractivity contribution >= 4 is 11.5 Å². The third-order valence-electron chi connectivity index (χ3n) is 4.05. The van der Waals surface area contributed by atoms with Crippen LogP contribution in [0.3, 0.4) is 0 Å². The molecule has 2 aromatic carbocycles. The first-order valence-electron chi connectivity index (χ1n) is 8.28. The molecule has 0 atom stereocenters. The molecule has 0 aliphatic heterocycles. The lowest BCUT2D eigenvalue weighted by molar-refractivity contribution is -0.385. The Kier molecular flexibility index (Phi) is 5.39. The topological polar surface area (TPSA) is 59.3 Å². The fourth-order valence-corrected chi connectivity index (χ4v) is 2.72. The average molecular weight is 345 g/mol. The van der Waals surface area contributed by atoms with Crippen molar-refractivity contribution < 1.29 is 4.92 Å². The smallest absolute Gasteiger partial charge is 0.287 e. The fourth-order valence-electron chi connectivity index (χ4n) is 2.72. The number of rotatable bonds is 7. The molecule has 5 heteroatoms. The molecule has 0 bridgehead atoms. The summed E-state index contributed by atoms with van der Waals surface area (Å²) in [7, 11) is 0. The normalized spacial score (nSPS) is 10.3. The summed E-state index contributed by atoms with van der Waals surface area (Å²) in [5, 5.41) is 10.8. The van der Waals surface area contributed by atoms with Gasteiger partial charge in [0.15, 0.2) is 0 Å². The molecule has 0 unspecified atom stereocenters. The van der Waals surface area contributed by atoms with Crippen molar-refractivity contribution in [2.45, 2.75) is 6.54 Å². The number of hydrogen-bond acceptors (Lipinski definition) is 4. The van der Waals surface area contributed by atoms with E-state index in [4.69, 9.17) is 0 Å². The number of pyridine rings is 1. The number of nitrogens with zero attached hydrogens (tertiary/aromatic N) is 3. The summed E-state index contributed by atoms with van der Waals surface area (Å²) in [5.41, 5.74) is 3.46. The van der Waals surface area contributed by atoms with Crippen LogP contribution >= 0.6 is 0 Å². The Labute approximate surface area is 152 Å². The van der Waals surface area contributed by atoms with E-state index < -0.39 is 4.92 Å². The zero-order valence-corrected chi connectivity index (χ0v) is 14.3. The molecule has 1 aromatic heterocycles. The van der Waals surface area contributed by atoms with Gasteiger partial charge in [-0.05, 0) is 22.8 Å². The van der Waals surface area contributed by atoms with Gasteiger partial charge in [-0.15, -0.1) is 6.58 Å². The highest BCUT2D eigenvalue weighted by Gasteiger charge is 2.11. The van der Waals surface area contributed by atoms with Crippen LogP contribution in [0.1, 0.15) is 5.56 Å². The van der Waals surface area contributed by atoms with Crippen LogP contribution in [0.4, 0.5) is 11.5 Å². The Morgan fingerprint density at radius 3 is 2.27 bits per heavy atom. The lowest BCUT2D eigenvalue weighted by Crippen LogP contribution is -2.23. The molecule has 0 spiro atoms. The van der Waals surface area contributed by atoms with Crippen LogP contribution in [0.25, 0.3) is 11.1 Å². The van der Waals surface area contributed by atoms with E-state index in [0.29, 0.717) is 18.9 Å². The fraction of sp³-hybridized carbons (Fsp3) is 0.0952. The number of anilines is 1. The molecule has 0 aliphatic rings. The van der Waals surface area contributed by atoms with Gasteiger partial charge in [-0.1, -0.05) is 60.7 Å². The molecular weight excluding hydrogens is 326 g/mol. The maximum Gasteiger partial charge on any atom is 0.287 e. The van der Waals surface area contributed by atoms with Gasteiger partial charge in [0, 0.05) is 19.2 Å². The Hall–Kier alpha value is -3.47. The van der Waals surface area contributed by atoms with Gasteiger partial charge in [-0.2, -0.15) is 0 Å². The minimum atomic E-state index is -0.447.